The van der Waals surface area contributed by atoms with E-state index in [1.165, 1.54) is 0 Å². The molecule has 3 amide bonds. The summed E-state index contributed by atoms with van der Waals surface area (Å²) in [6, 6.07) is 28.2. The van der Waals surface area contributed by atoms with Crippen molar-refractivity contribution in [1.82, 2.24) is 30.5 Å². The average molecular weight is 963 g/mol. The third-order valence-electron chi connectivity index (χ3n) is 12.7. The second-order valence-electron chi connectivity index (χ2n) is 17.9. The Morgan fingerprint density at radius 3 is 2.21 bits per heavy atom. The first kappa shape index (κ1) is 48.9. The molecule has 1 aliphatic rings. The van der Waals surface area contributed by atoms with E-state index in [4.69, 9.17) is 22.1 Å². The summed E-state index contributed by atoms with van der Waals surface area (Å²) in [5, 5.41) is 27.2. The van der Waals surface area contributed by atoms with Crippen molar-refractivity contribution in [2.24, 2.45) is 7.05 Å². The van der Waals surface area contributed by atoms with Gasteiger partial charge in [-0.3, -0.25) is 19.4 Å². The Morgan fingerprint density at radius 2 is 1.46 bits per heavy atom. The van der Waals surface area contributed by atoms with Crippen LogP contribution in [0.2, 0.25) is 5.02 Å². The summed E-state index contributed by atoms with van der Waals surface area (Å²) in [6.07, 6.45) is 12.0. The van der Waals surface area contributed by atoms with Crippen molar-refractivity contribution in [2.45, 2.75) is 78.0 Å². The number of pyridine rings is 2. The molecular weight excluding hydrogens is 902 g/mol. The molecule has 4 heterocycles. The molecule has 7 aromatic rings. The number of aromatic nitrogens is 3. The fourth-order valence-corrected chi connectivity index (χ4v) is 9.26. The van der Waals surface area contributed by atoms with Crippen LogP contribution in [0.5, 0.6) is 11.5 Å². The number of hydrogen-bond acceptors (Lipinski definition) is 10. The van der Waals surface area contributed by atoms with Crippen LogP contribution in [-0.4, -0.2) is 62.8 Å². The number of nitrogen functional groups attached to an aromatic ring is 1. The molecule has 0 saturated heterocycles. The second kappa shape index (κ2) is 21.8. The zero-order valence-electron chi connectivity index (χ0n) is 40.0. The Morgan fingerprint density at radius 1 is 0.757 bits per heavy atom. The number of aromatic hydroxyl groups is 1. The molecule has 362 valence electrons. The van der Waals surface area contributed by atoms with Gasteiger partial charge in [-0.1, -0.05) is 74.5 Å². The number of benzene rings is 4. The molecule has 8 N–H and O–H groups in total. The van der Waals surface area contributed by atoms with Gasteiger partial charge in [-0.05, 0) is 109 Å². The van der Waals surface area contributed by atoms with E-state index in [0.29, 0.717) is 48.1 Å². The molecule has 0 aliphatic carbocycles. The molecule has 0 bridgehead atoms. The van der Waals surface area contributed by atoms with Gasteiger partial charge in [0, 0.05) is 97.3 Å². The van der Waals surface area contributed by atoms with Crippen LogP contribution in [-0.2, 0) is 18.3 Å². The van der Waals surface area contributed by atoms with Gasteiger partial charge in [0.1, 0.15) is 23.0 Å². The monoisotopic (exact) mass is 961 g/mol. The fourth-order valence-electron chi connectivity index (χ4n) is 8.98. The van der Waals surface area contributed by atoms with Crippen molar-refractivity contribution in [2.75, 3.05) is 36.0 Å². The molecular formula is C55H60ClN9O5. The number of carbonyl (C=O) groups is 3. The molecule has 0 fully saturated rings. The van der Waals surface area contributed by atoms with Crippen LogP contribution in [0, 0.1) is 6.92 Å². The van der Waals surface area contributed by atoms with Crippen LogP contribution in [0.25, 0.3) is 44.3 Å². The maximum absolute atomic E-state index is 13.3. The van der Waals surface area contributed by atoms with Gasteiger partial charge < -0.3 is 46.7 Å². The number of amides is 3. The number of carbonyl (C=O) groups excluding carboxylic acids is 3. The summed E-state index contributed by atoms with van der Waals surface area (Å²) in [7, 11) is 2.03. The lowest BCUT2D eigenvalue weighted by molar-refractivity contribution is -0.121. The summed E-state index contributed by atoms with van der Waals surface area (Å²) < 4.78 is 8.52. The van der Waals surface area contributed by atoms with Crippen LogP contribution in [0.3, 0.4) is 0 Å². The number of nitrogens with two attached hydrogens (primary N) is 1. The summed E-state index contributed by atoms with van der Waals surface area (Å²) in [4.78, 5) is 47.4. The Bertz CT molecular complexity index is 3030. The van der Waals surface area contributed by atoms with Gasteiger partial charge in [0.05, 0.1) is 16.4 Å². The smallest absolute Gasteiger partial charge is 0.269 e. The van der Waals surface area contributed by atoms with Crippen LogP contribution >= 0.6 is 11.6 Å². The van der Waals surface area contributed by atoms with E-state index in [2.05, 4.69) is 65.4 Å². The van der Waals surface area contributed by atoms with E-state index in [9.17, 15) is 19.5 Å². The van der Waals surface area contributed by atoms with Gasteiger partial charge in [-0.25, -0.2) is 4.98 Å². The number of ether oxygens (including phenoxy) is 1. The number of rotatable bonds is 20. The van der Waals surface area contributed by atoms with Crippen LogP contribution in [0.1, 0.15) is 90.8 Å². The molecule has 0 spiro atoms. The molecule has 3 aromatic heterocycles. The van der Waals surface area contributed by atoms with Gasteiger partial charge in [0.25, 0.3) is 17.7 Å². The lowest BCUT2D eigenvalue weighted by Crippen LogP contribution is -2.44. The number of phenols is 1. The normalized spacial score (nSPS) is 13.8. The second-order valence-corrected chi connectivity index (χ2v) is 18.3. The molecule has 4 aromatic carbocycles. The highest BCUT2D eigenvalue weighted by atomic mass is 35.5. The van der Waals surface area contributed by atoms with Crippen LogP contribution in [0.15, 0.2) is 110 Å². The van der Waals surface area contributed by atoms with Gasteiger partial charge in [0.2, 0.25) is 5.91 Å². The number of hydrogen-bond donors (Lipinski definition) is 7. The van der Waals surface area contributed by atoms with E-state index < -0.39 is 5.85 Å². The fraction of sp³-hybridized carbons (Fsp3) is 0.291. The van der Waals surface area contributed by atoms with Crippen molar-refractivity contribution < 1.29 is 24.2 Å². The van der Waals surface area contributed by atoms with Crippen LogP contribution < -0.4 is 37.1 Å². The van der Waals surface area contributed by atoms with Crippen molar-refractivity contribution in [3.63, 3.8) is 0 Å². The molecule has 1 aliphatic heterocycles. The number of halogens is 1. The highest BCUT2D eigenvalue weighted by Crippen LogP contribution is 2.43. The SMILES string of the molecule is CCc1c(-c2ccc(C(=O)NCCNC(=O)CCCCCCCCNC(=O)c3cc(OC4(C)Nc5cc(Cl)c(-c6ccc7c(ccn7C)c6)cc5N4)ccc3C)nc2)cnc(N)c1-c1ccc(O)cc1. The summed E-state index contributed by atoms with van der Waals surface area (Å²) >= 11 is 6.81. The first-order valence-corrected chi connectivity index (χ1v) is 24.3. The highest BCUT2D eigenvalue weighted by Gasteiger charge is 2.35. The topological polar surface area (TPSA) is 198 Å². The van der Waals surface area contributed by atoms with Crippen molar-refractivity contribution >= 4 is 57.4 Å². The lowest BCUT2D eigenvalue weighted by atomic mass is 9.92. The minimum Gasteiger partial charge on any atom is -0.508 e. The molecule has 0 saturated carbocycles. The number of aryl methyl sites for hydroxylation is 2. The van der Waals surface area contributed by atoms with Crippen molar-refractivity contribution in [3.8, 4) is 44.9 Å². The summed E-state index contributed by atoms with van der Waals surface area (Å²) in [5.41, 5.74) is 17.1. The number of nitrogens with one attached hydrogen (secondary N) is 5. The van der Waals surface area contributed by atoms with E-state index in [0.717, 1.165) is 105 Å². The summed E-state index contributed by atoms with van der Waals surface area (Å²) in [5.74, 6) is -0.393. The summed E-state index contributed by atoms with van der Waals surface area (Å²) in [6.45, 7) is 7.00. The third kappa shape index (κ3) is 11.5. The standard InChI is InChI=1S/C55H60ClN9O5/c1-5-41-44(33-62-52(57)51(41)35-14-18-39(66)19-15-35)38-16-21-46(61-32-38)54(69)60-26-25-58-50(67)12-10-8-6-7-9-11-24-59-53(68)42-29-40(20-13-34(42)2)70-55(3)63-47-30-43(45(56)31-48(47)64-55)36-17-22-49-37(28-36)23-27-65(49)4/h13-23,27-33,63-64,66H,5-12,24-26H2,1-4H3,(H2,57,62)(H,58,67)(H,59,68)(H,60,69). The molecule has 8 rings (SSSR count). The van der Waals surface area contributed by atoms with Crippen molar-refractivity contribution in [1.29, 1.82) is 0 Å². The largest absolute Gasteiger partial charge is 0.508 e. The van der Waals surface area contributed by atoms with E-state index in [1.807, 2.05) is 64.3 Å². The molecule has 70 heavy (non-hydrogen) atoms. The minimum atomic E-state index is -0.976. The average Bonchev–Trinajstić information content (AvgIpc) is 3.89. The first-order valence-electron chi connectivity index (χ1n) is 23.9. The van der Waals surface area contributed by atoms with Gasteiger partial charge in [-0.15, -0.1) is 0 Å². The Labute approximate surface area is 413 Å². The van der Waals surface area contributed by atoms with Gasteiger partial charge in [-0.2, -0.15) is 0 Å². The Hall–Kier alpha value is -7.58. The molecule has 14 nitrogen and oxygen atoms in total. The number of phenolic OH excluding ortho intramolecular Hbond substituents is 1. The zero-order chi connectivity index (χ0) is 49.4. The maximum atomic E-state index is 13.3. The maximum Gasteiger partial charge on any atom is 0.269 e. The molecule has 0 radical (unpaired) electrons. The Balaban J connectivity index is 0.695. The quantitative estimate of drug-likeness (QED) is 0.0361. The van der Waals surface area contributed by atoms with E-state index in [-0.39, 0.29) is 35.7 Å². The predicted octanol–water partition coefficient (Wildman–Crippen LogP) is 10.4. The third-order valence-corrected chi connectivity index (χ3v) is 13.0. The van der Waals surface area contributed by atoms with Gasteiger partial charge >= 0.3 is 0 Å². The molecule has 1 unspecified atom stereocenters. The minimum absolute atomic E-state index is 0.0500. The number of anilines is 3. The molecule has 1 atom stereocenters. The number of nitrogens with zero attached hydrogens (tertiary/aromatic N) is 3. The number of unbranched alkanes of at least 4 members (excludes halogenated alkanes) is 5. The van der Waals surface area contributed by atoms with Gasteiger partial charge in [0.15, 0.2) is 0 Å². The first-order chi connectivity index (χ1) is 33.8. The zero-order valence-corrected chi connectivity index (χ0v) is 40.8. The highest BCUT2D eigenvalue weighted by molar-refractivity contribution is 6.34. The van der Waals surface area contributed by atoms with Crippen molar-refractivity contribution in [3.05, 3.63) is 137 Å². The van der Waals surface area contributed by atoms with E-state index in [1.54, 1.807) is 48.8 Å². The molecule has 15 heteroatoms. The lowest BCUT2D eigenvalue weighted by Gasteiger charge is -2.27. The van der Waals surface area contributed by atoms with Crippen LogP contribution in [0.4, 0.5) is 17.2 Å². The Kier molecular flexibility index (Phi) is 15.2. The van der Waals surface area contributed by atoms with E-state index >= 15 is 0 Å². The number of fused-ring (bicyclic) bond motifs is 2. The predicted molar refractivity (Wildman–Crippen MR) is 279 cm³/mol.